The first-order valence-corrected chi connectivity index (χ1v) is 15.4. The van der Waals surface area contributed by atoms with E-state index in [-0.39, 0.29) is 23.4 Å². The van der Waals surface area contributed by atoms with Crippen molar-refractivity contribution < 1.29 is 22.7 Å². The molecule has 0 radical (unpaired) electrons. The number of carbonyl (C=O) groups excluding carboxylic acids is 2. The molecule has 0 aliphatic rings. The molecule has 3 aromatic rings. The Bertz CT molecular complexity index is 1430. The largest absolute Gasteiger partial charge is 0.497 e. The fourth-order valence-corrected chi connectivity index (χ4v) is 6.15. The molecule has 0 aliphatic heterocycles. The molecule has 1 N–H and O–H groups in total. The molecule has 0 unspecified atom stereocenters. The molecule has 2 amide bonds. The number of carbonyl (C=O) groups is 2. The summed E-state index contributed by atoms with van der Waals surface area (Å²) in [6.07, 6.45) is 1.07. The van der Waals surface area contributed by atoms with E-state index < -0.39 is 28.5 Å². The first-order chi connectivity index (χ1) is 19.5. The number of benzene rings is 3. The first kappa shape index (κ1) is 32.0. The molecule has 8 nitrogen and oxygen atoms in total. The number of sulfonamides is 1. The predicted molar refractivity (Wildman–Crippen MR) is 163 cm³/mol. The molecule has 0 bridgehead atoms. The van der Waals surface area contributed by atoms with Gasteiger partial charge in [0.1, 0.15) is 18.3 Å². The number of halogens is 1. The number of nitrogens with zero attached hydrogens (tertiary/aromatic N) is 2. The highest BCUT2D eigenvalue weighted by Crippen LogP contribution is 2.29. The van der Waals surface area contributed by atoms with Crippen molar-refractivity contribution in [3.8, 4) is 5.75 Å². The van der Waals surface area contributed by atoms with E-state index in [4.69, 9.17) is 16.3 Å². The molecule has 0 spiro atoms. The van der Waals surface area contributed by atoms with Gasteiger partial charge in [0.2, 0.25) is 11.8 Å². The Balaban J connectivity index is 2.07. The highest BCUT2D eigenvalue weighted by molar-refractivity contribution is 7.92. The highest BCUT2D eigenvalue weighted by atomic mass is 35.5. The van der Waals surface area contributed by atoms with E-state index >= 15 is 0 Å². The van der Waals surface area contributed by atoms with Crippen LogP contribution in [0.25, 0.3) is 0 Å². The minimum absolute atomic E-state index is 0.0467. The zero-order chi connectivity index (χ0) is 30.2. The first-order valence-electron chi connectivity index (χ1n) is 13.6. The lowest BCUT2D eigenvalue weighted by Gasteiger charge is -2.34. The highest BCUT2D eigenvalue weighted by Gasteiger charge is 2.34. The van der Waals surface area contributed by atoms with E-state index in [1.165, 1.54) is 17.0 Å². The Morgan fingerprint density at radius 3 is 2.20 bits per heavy atom. The van der Waals surface area contributed by atoms with Crippen LogP contribution >= 0.6 is 11.6 Å². The molecule has 3 rings (SSSR count). The summed E-state index contributed by atoms with van der Waals surface area (Å²) in [6.45, 7) is 7.03. The summed E-state index contributed by atoms with van der Waals surface area (Å²) >= 11 is 6.17. The summed E-state index contributed by atoms with van der Waals surface area (Å²) in [5, 5.41) is 3.42. The number of ether oxygens (including phenoxy) is 1. The SMILES string of the molecule is CC[C@@H](C)NC(=O)[C@H](CC)N(Cc1ccc(OC)cc1)C(=O)CN(c1ccc(Cl)cc1C)S(=O)(=O)c1ccccc1. The molecule has 0 saturated heterocycles. The van der Waals surface area contributed by atoms with Crippen LogP contribution in [0.3, 0.4) is 0 Å². The Labute approximate surface area is 248 Å². The third-order valence-corrected chi connectivity index (χ3v) is 8.95. The van der Waals surface area contributed by atoms with Crippen LogP contribution in [0.1, 0.15) is 44.7 Å². The van der Waals surface area contributed by atoms with Gasteiger partial charge in [-0.25, -0.2) is 8.42 Å². The summed E-state index contributed by atoms with van der Waals surface area (Å²) in [5.41, 5.74) is 1.69. The zero-order valence-electron chi connectivity index (χ0n) is 24.1. The molecule has 0 heterocycles. The number of anilines is 1. The molecule has 10 heteroatoms. The normalized spacial score (nSPS) is 12.7. The smallest absolute Gasteiger partial charge is 0.264 e. The number of hydrogen-bond donors (Lipinski definition) is 1. The summed E-state index contributed by atoms with van der Waals surface area (Å²) in [7, 11) is -2.58. The van der Waals surface area contributed by atoms with Crippen molar-refractivity contribution in [3.63, 3.8) is 0 Å². The molecule has 0 aliphatic carbocycles. The van der Waals surface area contributed by atoms with Gasteiger partial charge in [0, 0.05) is 17.6 Å². The molecule has 0 aromatic heterocycles. The monoisotopic (exact) mass is 599 g/mol. The third kappa shape index (κ3) is 8.01. The number of rotatable bonds is 13. The Kier molecular flexibility index (Phi) is 11.2. The van der Waals surface area contributed by atoms with Gasteiger partial charge in [-0.3, -0.25) is 13.9 Å². The van der Waals surface area contributed by atoms with E-state index in [0.29, 0.717) is 28.4 Å². The van der Waals surface area contributed by atoms with Gasteiger partial charge in [-0.15, -0.1) is 0 Å². The summed E-state index contributed by atoms with van der Waals surface area (Å²) in [6, 6.07) is 19.1. The average molecular weight is 600 g/mol. The second-order valence-corrected chi connectivity index (χ2v) is 12.2. The molecule has 0 fully saturated rings. The van der Waals surface area contributed by atoms with Crippen LogP contribution in [0.15, 0.2) is 77.7 Å². The van der Waals surface area contributed by atoms with Crippen molar-refractivity contribution in [1.82, 2.24) is 10.2 Å². The van der Waals surface area contributed by atoms with Crippen molar-refractivity contribution in [3.05, 3.63) is 88.9 Å². The van der Waals surface area contributed by atoms with Crippen molar-refractivity contribution in [1.29, 1.82) is 0 Å². The van der Waals surface area contributed by atoms with Crippen molar-refractivity contribution in [2.75, 3.05) is 18.0 Å². The van der Waals surface area contributed by atoms with E-state index in [2.05, 4.69) is 5.32 Å². The number of nitrogens with one attached hydrogen (secondary N) is 1. The predicted octanol–water partition coefficient (Wildman–Crippen LogP) is 5.57. The minimum Gasteiger partial charge on any atom is -0.497 e. The van der Waals surface area contributed by atoms with E-state index in [9.17, 15) is 18.0 Å². The van der Waals surface area contributed by atoms with Crippen LogP contribution < -0.4 is 14.4 Å². The summed E-state index contributed by atoms with van der Waals surface area (Å²) < 4.78 is 34.2. The van der Waals surface area contributed by atoms with Crippen LogP contribution in [-0.4, -0.2) is 50.9 Å². The molecular formula is C31H38ClN3O5S. The Morgan fingerprint density at radius 1 is 0.976 bits per heavy atom. The number of amides is 2. The van der Waals surface area contributed by atoms with Gasteiger partial charge in [0.05, 0.1) is 17.7 Å². The van der Waals surface area contributed by atoms with Crippen LogP contribution in [0.4, 0.5) is 5.69 Å². The maximum atomic E-state index is 14.2. The van der Waals surface area contributed by atoms with Crippen molar-refractivity contribution in [2.45, 2.75) is 64.1 Å². The lowest BCUT2D eigenvalue weighted by molar-refractivity contribution is -0.140. The third-order valence-electron chi connectivity index (χ3n) is 6.94. The lowest BCUT2D eigenvalue weighted by atomic mass is 10.1. The fraction of sp³-hybridized carbons (Fsp3) is 0.355. The lowest BCUT2D eigenvalue weighted by Crippen LogP contribution is -2.53. The number of methoxy groups -OCH3 is 1. The van der Waals surface area contributed by atoms with Crippen LogP contribution in [0.2, 0.25) is 5.02 Å². The van der Waals surface area contributed by atoms with Crippen LogP contribution in [-0.2, 0) is 26.2 Å². The number of hydrogen-bond acceptors (Lipinski definition) is 5. The van der Waals surface area contributed by atoms with Gasteiger partial charge in [0.25, 0.3) is 10.0 Å². The maximum Gasteiger partial charge on any atom is 0.264 e. The van der Waals surface area contributed by atoms with Gasteiger partial charge < -0.3 is 15.0 Å². The molecule has 0 saturated carbocycles. The second kappa shape index (κ2) is 14.4. The zero-order valence-corrected chi connectivity index (χ0v) is 25.7. The minimum atomic E-state index is -4.15. The molecular weight excluding hydrogens is 562 g/mol. The Morgan fingerprint density at radius 2 is 1.63 bits per heavy atom. The van der Waals surface area contributed by atoms with E-state index in [0.717, 1.165) is 16.3 Å². The topological polar surface area (TPSA) is 96.0 Å². The standard InChI is InChI=1S/C31H38ClN3O5S/c1-6-23(4)33-31(37)28(7-2)34(20-24-13-16-26(40-5)17-14-24)30(36)21-35(29-18-15-25(32)19-22(29)3)41(38,39)27-11-9-8-10-12-27/h8-19,23,28H,6-7,20-21H2,1-5H3,(H,33,37)/t23-,28+/m1/s1. The van der Waals surface area contributed by atoms with Crippen LogP contribution in [0, 0.1) is 6.92 Å². The van der Waals surface area contributed by atoms with Crippen molar-refractivity contribution >= 4 is 39.1 Å². The average Bonchev–Trinajstić information content (AvgIpc) is 2.96. The molecule has 3 aromatic carbocycles. The van der Waals surface area contributed by atoms with Gasteiger partial charge in [0.15, 0.2) is 0 Å². The number of aryl methyl sites for hydroxylation is 1. The van der Waals surface area contributed by atoms with E-state index in [1.54, 1.807) is 62.6 Å². The van der Waals surface area contributed by atoms with Crippen molar-refractivity contribution in [2.24, 2.45) is 0 Å². The van der Waals surface area contributed by atoms with Gasteiger partial charge >= 0.3 is 0 Å². The molecule has 2 atom stereocenters. The maximum absolute atomic E-state index is 14.2. The summed E-state index contributed by atoms with van der Waals surface area (Å²) in [5.74, 6) is -0.142. The summed E-state index contributed by atoms with van der Waals surface area (Å²) in [4.78, 5) is 29.0. The molecule has 220 valence electrons. The fourth-order valence-electron chi connectivity index (χ4n) is 4.42. The van der Waals surface area contributed by atoms with E-state index in [1.807, 2.05) is 32.9 Å². The van der Waals surface area contributed by atoms with Gasteiger partial charge in [-0.2, -0.15) is 0 Å². The second-order valence-electron chi connectivity index (χ2n) is 9.87. The van der Waals surface area contributed by atoms with Crippen LogP contribution in [0.5, 0.6) is 5.75 Å². The van der Waals surface area contributed by atoms with Gasteiger partial charge in [-0.05, 0) is 80.3 Å². The quantitative estimate of drug-likeness (QED) is 0.277. The van der Waals surface area contributed by atoms with Gasteiger partial charge in [-0.1, -0.05) is 55.8 Å². The Hall–Kier alpha value is -3.56. The molecule has 41 heavy (non-hydrogen) atoms.